The van der Waals surface area contributed by atoms with E-state index >= 15 is 0 Å². The molecule has 2 aromatic rings. The first-order valence-corrected chi connectivity index (χ1v) is 8.05. The third-order valence-corrected chi connectivity index (χ3v) is 3.52. The minimum absolute atomic E-state index is 0.0289. The molecule has 0 N–H and O–H groups in total. The summed E-state index contributed by atoms with van der Waals surface area (Å²) >= 11 is 0. The molecule has 0 aliphatic rings. The Balaban J connectivity index is 2.42. The standard InChI is InChI=1S/C14H16N2O3S/c1-10(2)19-12-5-4-8-15-14(12)11-6-7-13(16-9-11)20(3,17)18/h4-10H,1-3H3. The lowest BCUT2D eigenvalue weighted by atomic mass is 10.2. The first kappa shape index (κ1) is 14.5. The fourth-order valence-electron chi connectivity index (χ4n) is 1.70. The second-order valence-corrected chi connectivity index (χ2v) is 6.64. The maximum absolute atomic E-state index is 11.4. The average molecular weight is 292 g/mol. The molecule has 2 heterocycles. The van der Waals surface area contributed by atoms with Gasteiger partial charge in [-0.2, -0.15) is 0 Å². The van der Waals surface area contributed by atoms with Crippen LogP contribution in [0.2, 0.25) is 0 Å². The van der Waals surface area contributed by atoms with Crippen LogP contribution in [0.1, 0.15) is 13.8 Å². The molecule has 0 atom stereocenters. The molecule has 0 amide bonds. The van der Waals surface area contributed by atoms with E-state index in [4.69, 9.17) is 4.74 Å². The molecule has 0 radical (unpaired) electrons. The van der Waals surface area contributed by atoms with Crippen LogP contribution < -0.4 is 4.74 Å². The number of nitrogens with zero attached hydrogens (tertiary/aromatic N) is 2. The Bertz CT molecular complexity index is 695. The van der Waals surface area contributed by atoms with Gasteiger partial charge in [0.15, 0.2) is 14.9 Å². The number of ether oxygens (including phenoxy) is 1. The van der Waals surface area contributed by atoms with Crippen molar-refractivity contribution >= 4 is 9.84 Å². The number of hydrogen-bond acceptors (Lipinski definition) is 5. The highest BCUT2D eigenvalue weighted by Gasteiger charge is 2.12. The molecule has 0 spiro atoms. The average Bonchev–Trinajstić information content (AvgIpc) is 2.38. The van der Waals surface area contributed by atoms with Crippen LogP contribution in [0.25, 0.3) is 11.3 Å². The summed E-state index contributed by atoms with van der Waals surface area (Å²) < 4.78 is 28.5. The minimum atomic E-state index is -3.29. The van der Waals surface area contributed by atoms with Gasteiger partial charge in [0.1, 0.15) is 11.4 Å². The zero-order chi connectivity index (χ0) is 14.8. The van der Waals surface area contributed by atoms with E-state index in [-0.39, 0.29) is 11.1 Å². The highest BCUT2D eigenvalue weighted by molar-refractivity contribution is 7.90. The molecule has 0 bridgehead atoms. The summed E-state index contributed by atoms with van der Waals surface area (Å²) in [5, 5.41) is 0.0449. The van der Waals surface area contributed by atoms with Crippen LogP contribution in [0.3, 0.4) is 0 Å². The second-order valence-electron chi connectivity index (χ2n) is 4.67. The second kappa shape index (κ2) is 5.58. The monoisotopic (exact) mass is 292 g/mol. The number of sulfone groups is 1. The molecule has 0 aliphatic heterocycles. The van der Waals surface area contributed by atoms with Gasteiger partial charge in [-0.15, -0.1) is 0 Å². The van der Waals surface area contributed by atoms with E-state index in [2.05, 4.69) is 9.97 Å². The Morgan fingerprint density at radius 1 is 1.15 bits per heavy atom. The van der Waals surface area contributed by atoms with Gasteiger partial charge < -0.3 is 4.74 Å². The molecule has 0 aliphatic carbocycles. The van der Waals surface area contributed by atoms with Crippen LogP contribution in [-0.2, 0) is 9.84 Å². The predicted octanol–water partition coefficient (Wildman–Crippen LogP) is 2.33. The summed E-state index contributed by atoms with van der Waals surface area (Å²) in [4.78, 5) is 8.24. The van der Waals surface area contributed by atoms with Crippen LogP contribution >= 0.6 is 0 Å². The fourth-order valence-corrected chi connectivity index (χ4v) is 2.26. The van der Waals surface area contributed by atoms with E-state index in [1.807, 2.05) is 19.9 Å². The Labute approximate surface area is 118 Å². The lowest BCUT2D eigenvalue weighted by Crippen LogP contribution is -2.07. The highest BCUT2D eigenvalue weighted by Crippen LogP contribution is 2.28. The third-order valence-electron chi connectivity index (χ3n) is 2.52. The van der Waals surface area contributed by atoms with E-state index in [1.54, 1.807) is 18.3 Å². The molecule has 106 valence electrons. The van der Waals surface area contributed by atoms with Crippen molar-refractivity contribution in [1.82, 2.24) is 9.97 Å². The van der Waals surface area contributed by atoms with Crippen molar-refractivity contribution in [3.05, 3.63) is 36.7 Å². The first-order chi connectivity index (χ1) is 9.38. The van der Waals surface area contributed by atoms with Crippen molar-refractivity contribution in [3.63, 3.8) is 0 Å². The van der Waals surface area contributed by atoms with E-state index in [9.17, 15) is 8.42 Å². The maximum atomic E-state index is 11.4. The summed E-state index contributed by atoms with van der Waals surface area (Å²) in [6, 6.07) is 6.77. The van der Waals surface area contributed by atoms with Crippen molar-refractivity contribution < 1.29 is 13.2 Å². The third kappa shape index (κ3) is 3.33. The fraction of sp³-hybridized carbons (Fsp3) is 0.286. The molecule has 0 unspecified atom stereocenters. The van der Waals surface area contributed by atoms with Gasteiger partial charge in [-0.1, -0.05) is 0 Å². The van der Waals surface area contributed by atoms with E-state index in [0.717, 1.165) is 6.26 Å². The zero-order valence-electron chi connectivity index (χ0n) is 11.6. The van der Waals surface area contributed by atoms with Crippen molar-refractivity contribution in [2.75, 3.05) is 6.26 Å². The lowest BCUT2D eigenvalue weighted by Gasteiger charge is -2.13. The van der Waals surface area contributed by atoms with Crippen LogP contribution in [-0.4, -0.2) is 30.7 Å². The van der Waals surface area contributed by atoms with Gasteiger partial charge in [0.25, 0.3) is 0 Å². The number of rotatable bonds is 4. The van der Waals surface area contributed by atoms with Crippen molar-refractivity contribution in [2.24, 2.45) is 0 Å². The van der Waals surface area contributed by atoms with Gasteiger partial charge in [-0.3, -0.25) is 4.98 Å². The Morgan fingerprint density at radius 2 is 1.90 bits per heavy atom. The molecular formula is C14H16N2O3S. The highest BCUT2D eigenvalue weighted by atomic mass is 32.2. The van der Waals surface area contributed by atoms with E-state index in [1.165, 1.54) is 12.3 Å². The summed E-state index contributed by atoms with van der Waals surface area (Å²) in [6.45, 7) is 3.86. The molecule has 0 saturated heterocycles. The molecule has 2 aromatic heterocycles. The van der Waals surface area contributed by atoms with Crippen molar-refractivity contribution in [2.45, 2.75) is 25.0 Å². The SMILES string of the molecule is CC(C)Oc1cccnc1-c1ccc(S(C)(=O)=O)nc1. The molecule has 0 fully saturated rings. The van der Waals surface area contributed by atoms with Crippen molar-refractivity contribution in [3.8, 4) is 17.0 Å². The normalized spacial score (nSPS) is 11.6. The van der Waals surface area contributed by atoms with Crippen LogP contribution in [0.15, 0.2) is 41.7 Å². The van der Waals surface area contributed by atoms with Gasteiger partial charge in [0, 0.05) is 24.2 Å². The van der Waals surface area contributed by atoms with E-state index < -0.39 is 9.84 Å². The molecule has 0 aromatic carbocycles. The maximum Gasteiger partial charge on any atom is 0.192 e. The smallest absolute Gasteiger partial charge is 0.192 e. The predicted molar refractivity (Wildman–Crippen MR) is 76.3 cm³/mol. The molecule has 6 heteroatoms. The summed E-state index contributed by atoms with van der Waals surface area (Å²) in [5.41, 5.74) is 1.36. The Hall–Kier alpha value is -1.95. The Kier molecular flexibility index (Phi) is 4.04. The minimum Gasteiger partial charge on any atom is -0.489 e. The largest absolute Gasteiger partial charge is 0.489 e. The van der Waals surface area contributed by atoms with Gasteiger partial charge >= 0.3 is 0 Å². The number of pyridine rings is 2. The van der Waals surface area contributed by atoms with Gasteiger partial charge in [-0.25, -0.2) is 13.4 Å². The quantitative estimate of drug-likeness (QED) is 0.865. The molecule has 0 saturated carbocycles. The molecular weight excluding hydrogens is 276 g/mol. The van der Waals surface area contributed by atoms with Gasteiger partial charge in [0.2, 0.25) is 0 Å². The lowest BCUT2D eigenvalue weighted by molar-refractivity contribution is 0.242. The number of hydrogen-bond donors (Lipinski definition) is 0. The van der Waals surface area contributed by atoms with Crippen LogP contribution in [0.5, 0.6) is 5.75 Å². The number of aromatic nitrogens is 2. The van der Waals surface area contributed by atoms with E-state index in [0.29, 0.717) is 17.0 Å². The molecule has 5 nitrogen and oxygen atoms in total. The molecule has 2 rings (SSSR count). The zero-order valence-corrected chi connectivity index (χ0v) is 12.4. The van der Waals surface area contributed by atoms with Gasteiger partial charge in [-0.05, 0) is 38.1 Å². The van der Waals surface area contributed by atoms with Crippen molar-refractivity contribution in [1.29, 1.82) is 0 Å². The van der Waals surface area contributed by atoms with Crippen LogP contribution in [0.4, 0.5) is 0 Å². The summed E-state index contributed by atoms with van der Waals surface area (Å²) in [6.07, 6.45) is 4.31. The Morgan fingerprint density at radius 3 is 2.45 bits per heavy atom. The summed E-state index contributed by atoms with van der Waals surface area (Å²) in [5.74, 6) is 0.649. The van der Waals surface area contributed by atoms with Crippen LogP contribution in [0, 0.1) is 0 Å². The first-order valence-electron chi connectivity index (χ1n) is 6.16. The molecule has 20 heavy (non-hydrogen) atoms. The summed E-state index contributed by atoms with van der Waals surface area (Å²) in [7, 11) is -3.29. The topological polar surface area (TPSA) is 69.2 Å². The van der Waals surface area contributed by atoms with Gasteiger partial charge in [0.05, 0.1) is 6.10 Å².